The fourth-order valence-corrected chi connectivity index (χ4v) is 1.94. The lowest BCUT2D eigenvalue weighted by molar-refractivity contribution is 0.0235. The zero-order valence-corrected chi connectivity index (χ0v) is 11.1. The van der Waals surface area contributed by atoms with E-state index in [1.807, 2.05) is 55.5 Å². The second-order valence-corrected chi connectivity index (χ2v) is 4.60. The van der Waals surface area contributed by atoms with Crippen molar-refractivity contribution in [2.75, 3.05) is 0 Å². The predicted octanol–water partition coefficient (Wildman–Crippen LogP) is 3.87. The first-order valence-corrected chi connectivity index (χ1v) is 6.27. The first-order valence-electron chi connectivity index (χ1n) is 5.89. The number of rotatable bonds is 5. The molecule has 94 valence electrons. The van der Waals surface area contributed by atoms with Crippen LogP contribution in [0.1, 0.15) is 16.7 Å². The van der Waals surface area contributed by atoms with Gasteiger partial charge in [-0.2, -0.15) is 5.48 Å². The Bertz CT molecular complexity index is 499. The molecule has 2 aromatic carbocycles. The largest absolute Gasteiger partial charge is 0.297 e. The molecular weight excluding hydrogens is 246 g/mol. The highest BCUT2D eigenvalue weighted by Gasteiger charge is 2.00. The van der Waals surface area contributed by atoms with Crippen molar-refractivity contribution >= 4 is 11.6 Å². The molecule has 0 spiro atoms. The molecule has 2 aromatic rings. The third kappa shape index (κ3) is 3.84. The maximum atomic E-state index is 6.13. The summed E-state index contributed by atoms with van der Waals surface area (Å²) in [7, 11) is 0. The molecule has 2 nitrogen and oxygen atoms in total. The molecule has 1 N–H and O–H groups in total. The molecule has 0 atom stereocenters. The van der Waals surface area contributed by atoms with Crippen LogP contribution in [-0.2, 0) is 18.0 Å². The highest BCUT2D eigenvalue weighted by atomic mass is 35.5. The molecule has 0 amide bonds. The quantitative estimate of drug-likeness (QED) is 0.652. The van der Waals surface area contributed by atoms with Gasteiger partial charge in [0, 0.05) is 11.6 Å². The van der Waals surface area contributed by atoms with Gasteiger partial charge < -0.3 is 0 Å². The van der Waals surface area contributed by atoms with Gasteiger partial charge in [-0.05, 0) is 29.7 Å². The number of hydrogen-bond donors (Lipinski definition) is 1. The second kappa shape index (κ2) is 6.55. The molecule has 0 radical (unpaired) electrons. The van der Waals surface area contributed by atoms with E-state index in [0.29, 0.717) is 13.2 Å². The summed E-state index contributed by atoms with van der Waals surface area (Å²) in [5.41, 5.74) is 6.26. The molecule has 0 bridgehead atoms. The Morgan fingerprint density at radius 3 is 2.61 bits per heavy atom. The molecule has 0 aliphatic rings. The summed E-state index contributed by atoms with van der Waals surface area (Å²) in [6, 6.07) is 16.0. The number of aryl methyl sites for hydroxylation is 1. The average molecular weight is 262 g/mol. The van der Waals surface area contributed by atoms with Crippen LogP contribution in [-0.4, -0.2) is 0 Å². The zero-order chi connectivity index (χ0) is 12.8. The van der Waals surface area contributed by atoms with Gasteiger partial charge in [0.25, 0.3) is 0 Å². The fraction of sp³-hybridized carbons (Fsp3) is 0.200. The van der Waals surface area contributed by atoms with Crippen molar-refractivity contribution in [3.63, 3.8) is 0 Å². The van der Waals surface area contributed by atoms with Crippen LogP contribution in [0.4, 0.5) is 0 Å². The molecule has 0 aliphatic heterocycles. The molecule has 18 heavy (non-hydrogen) atoms. The van der Waals surface area contributed by atoms with Crippen LogP contribution < -0.4 is 5.48 Å². The van der Waals surface area contributed by atoms with Gasteiger partial charge in [-0.15, -0.1) is 0 Å². The lowest BCUT2D eigenvalue weighted by Crippen LogP contribution is -2.14. The van der Waals surface area contributed by atoms with Crippen LogP contribution in [0.15, 0.2) is 48.5 Å². The average Bonchev–Trinajstić information content (AvgIpc) is 2.38. The van der Waals surface area contributed by atoms with Crippen LogP contribution in [0.5, 0.6) is 0 Å². The standard InChI is InChI=1S/C15H16ClNO/c1-12-7-8-14(15(16)9-12)10-17-18-11-13-5-3-2-4-6-13/h2-9,17H,10-11H2,1H3. The monoisotopic (exact) mass is 261 g/mol. The van der Waals surface area contributed by atoms with Gasteiger partial charge in [0.2, 0.25) is 0 Å². The Balaban J connectivity index is 1.79. The molecule has 0 unspecified atom stereocenters. The maximum absolute atomic E-state index is 6.13. The molecular formula is C15H16ClNO. The molecule has 2 rings (SSSR count). The van der Waals surface area contributed by atoms with Gasteiger partial charge in [0.05, 0.1) is 6.61 Å². The Kier molecular flexibility index (Phi) is 4.76. The van der Waals surface area contributed by atoms with Gasteiger partial charge in [-0.25, -0.2) is 0 Å². The summed E-state index contributed by atoms with van der Waals surface area (Å²) in [5.74, 6) is 0. The predicted molar refractivity (Wildman–Crippen MR) is 74.3 cm³/mol. The molecule has 3 heteroatoms. The lowest BCUT2D eigenvalue weighted by atomic mass is 10.1. The summed E-state index contributed by atoms with van der Waals surface area (Å²) in [5, 5.41) is 0.769. The lowest BCUT2D eigenvalue weighted by Gasteiger charge is -2.08. The minimum atomic E-state index is 0.546. The first kappa shape index (κ1) is 13.1. The number of benzene rings is 2. The Hall–Kier alpha value is -1.35. The minimum Gasteiger partial charge on any atom is -0.297 e. The summed E-state index contributed by atoms with van der Waals surface area (Å²) >= 11 is 6.13. The molecule has 0 saturated heterocycles. The van der Waals surface area contributed by atoms with Gasteiger partial charge in [0.15, 0.2) is 0 Å². The van der Waals surface area contributed by atoms with Crippen molar-refractivity contribution in [1.29, 1.82) is 0 Å². The van der Waals surface area contributed by atoms with E-state index in [1.165, 1.54) is 0 Å². The molecule has 0 fully saturated rings. The van der Waals surface area contributed by atoms with E-state index in [1.54, 1.807) is 0 Å². The maximum Gasteiger partial charge on any atom is 0.0933 e. The Morgan fingerprint density at radius 2 is 1.89 bits per heavy atom. The molecule has 0 aromatic heterocycles. The topological polar surface area (TPSA) is 21.3 Å². The van der Waals surface area contributed by atoms with Crippen molar-refractivity contribution in [2.24, 2.45) is 0 Å². The fourth-order valence-electron chi connectivity index (χ4n) is 1.63. The van der Waals surface area contributed by atoms with E-state index in [0.717, 1.165) is 21.7 Å². The van der Waals surface area contributed by atoms with E-state index >= 15 is 0 Å². The van der Waals surface area contributed by atoms with E-state index in [-0.39, 0.29) is 0 Å². The van der Waals surface area contributed by atoms with Crippen LogP contribution >= 0.6 is 11.6 Å². The summed E-state index contributed by atoms with van der Waals surface area (Å²) in [6.07, 6.45) is 0. The third-order valence-corrected chi connectivity index (χ3v) is 3.01. The van der Waals surface area contributed by atoms with Crippen LogP contribution in [0.2, 0.25) is 5.02 Å². The zero-order valence-electron chi connectivity index (χ0n) is 10.3. The number of halogens is 1. The van der Waals surface area contributed by atoms with E-state index in [2.05, 4.69) is 5.48 Å². The number of hydroxylamine groups is 1. The summed E-state index contributed by atoms with van der Waals surface area (Å²) < 4.78 is 0. The van der Waals surface area contributed by atoms with Gasteiger partial charge in [-0.1, -0.05) is 54.1 Å². The van der Waals surface area contributed by atoms with Crippen LogP contribution in [0.25, 0.3) is 0 Å². The van der Waals surface area contributed by atoms with Crippen molar-refractivity contribution in [3.05, 3.63) is 70.2 Å². The first-order chi connectivity index (χ1) is 8.75. The normalized spacial score (nSPS) is 10.6. The van der Waals surface area contributed by atoms with Gasteiger partial charge in [-0.3, -0.25) is 4.84 Å². The van der Waals surface area contributed by atoms with Crippen molar-refractivity contribution in [3.8, 4) is 0 Å². The van der Waals surface area contributed by atoms with Crippen LogP contribution in [0, 0.1) is 6.92 Å². The molecule has 0 aliphatic carbocycles. The highest BCUT2D eigenvalue weighted by molar-refractivity contribution is 6.31. The smallest absolute Gasteiger partial charge is 0.0933 e. The summed E-state index contributed by atoms with van der Waals surface area (Å²) in [6.45, 7) is 3.17. The second-order valence-electron chi connectivity index (χ2n) is 4.19. The number of hydrogen-bond acceptors (Lipinski definition) is 2. The van der Waals surface area contributed by atoms with Crippen LogP contribution in [0.3, 0.4) is 0 Å². The Labute approximate surface area is 113 Å². The van der Waals surface area contributed by atoms with Crippen molar-refractivity contribution in [1.82, 2.24) is 5.48 Å². The number of nitrogens with one attached hydrogen (secondary N) is 1. The third-order valence-electron chi connectivity index (χ3n) is 2.65. The van der Waals surface area contributed by atoms with E-state index < -0.39 is 0 Å². The molecule has 0 heterocycles. The van der Waals surface area contributed by atoms with E-state index in [9.17, 15) is 0 Å². The summed E-state index contributed by atoms with van der Waals surface area (Å²) in [4.78, 5) is 5.40. The van der Waals surface area contributed by atoms with Gasteiger partial charge >= 0.3 is 0 Å². The van der Waals surface area contributed by atoms with E-state index in [4.69, 9.17) is 16.4 Å². The minimum absolute atomic E-state index is 0.546. The van der Waals surface area contributed by atoms with Gasteiger partial charge in [0.1, 0.15) is 0 Å². The van der Waals surface area contributed by atoms with Crippen molar-refractivity contribution in [2.45, 2.75) is 20.1 Å². The Morgan fingerprint density at radius 1 is 1.11 bits per heavy atom. The molecule has 0 saturated carbocycles. The van der Waals surface area contributed by atoms with Crippen molar-refractivity contribution < 1.29 is 4.84 Å². The SMILES string of the molecule is Cc1ccc(CNOCc2ccccc2)c(Cl)c1. The highest BCUT2D eigenvalue weighted by Crippen LogP contribution is 2.17.